The molecule has 10 heteroatoms. The molecule has 2 aromatic carbocycles. The summed E-state index contributed by atoms with van der Waals surface area (Å²) >= 11 is -3.43. The van der Waals surface area contributed by atoms with Gasteiger partial charge in [0.1, 0.15) is 0 Å². The van der Waals surface area contributed by atoms with Crippen molar-refractivity contribution >= 4 is 88.6 Å². The van der Waals surface area contributed by atoms with Gasteiger partial charge in [-0.3, -0.25) is 0 Å². The fourth-order valence-electron chi connectivity index (χ4n) is 4.84. The van der Waals surface area contributed by atoms with Gasteiger partial charge in [0, 0.05) is 0 Å². The molecule has 0 radical (unpaired) electrons. The zero-order valence-corrected chi connectivity index (χ0v) is 25.9. The molecule has 0 spiro atoms. The van der Waals surface area contributed by atoms with E-state index in [0.717, 1.165) is 54.9 Å². The standard InChI is InChI=1S/C18H15N3O.2C2H6S2.2Sb/c1-3-11-7-15-17(9-13(11)19-5-1)22-18-10-14-12(4-2-6-20-14)8-16(18)21-15;2*3-1-2-4;;/h7-8,19H,1-6H2;2*3-4H,1-2H2;;/q;;;2*+2/p-4. The number of nitrogens with one attached hydrogen (secondary N) is 1. The van der Waals surface area contributed by atoms with E-state index in [9.17, 15) is 0 Å². The van der Waals surface area contributed by atoms with Crippen molar-refractivity contribution in [2.75, 3.05) is 41.4 Å². The van der Waals surface area contributed by atoms with Crippen molar-refractivity contribution in [2.24, 2.45) is 9.98 Å². The van der Waals surface area contributed by atoms with Gasteiger partial charge in [-0.25, -0.2) is 0 Å². The van der Waals surface area contributed by atoms with E-state index >= 15 is 0 Å². The Labute approximate surface area is 213 Å². The van der Waals surface area contributed by atoms with E-state index in [1.807, 2.05) is 0 Å². The zero-order chi connectivity index (χ0) is 21.1. The van der Waals surface area contributed by atoms with Gasteiger partial charge in [-0.2, -0.15) is 0 Å². The van der Waals surface area contributed by atoms with Crippen LogP contribution in [0.15, 0.2) is 22.1 Å². The van der Waals surface area contributed by atoms with Crippen molar-refractivity contribution in [3.05, 3.63) is 34.0 Å². The van der Waals surface area contributed by atoms with E-state index in [4.69, 9.17) is 14.7 Å². The third kappa shape index (κ3) is 3.77. The molecule has 1 N–H and O–H groups in total. The van der Waals surface area contributed by atoms with Crippen LogP contribution in [0.1, 0.15) is 24.0 Å². The summed E-state index contributed by atoms with van der Waals surface area (Å²) < 4.78 is 10.1. The molecule has 5 heterocycles. The van der Waals surface area contributed by atoms with Gasteiger partial charge in [-0.15, -0.1) is 0 Å². The van der Waals surface area contributed by atoms with E-state index in [-0.39, 0.29) is 0 Å². The van der Waals surface area contributed by atoms with Crippen molar-refractivity contribution in [1.29, 1.82) is 0 Å². The topological polar surface area (TPSA) is 46.0 Å². The molecule has 0 saturated carbocycles. The minimum absolute atomic E-state index is 0.962. The van der Waals surface area contributed by atoms with Crippen molar-refractivity contribution in [1.82, 2.24) is 0 Å². The Bertz CT molecular complexity index is 1230. The van der Waals surface area contributed by atoms with E-state index in [2.05, 4.69) is 52.8 Å². The SMILES string of the molecule is c1c2c([c]([Sb]3[S]CC[S]3)c3c1N=c1cc4c([c]([Sb]5[S]CC[S]5)c1O3)=NCCC4)NCCC2. The van der Waals surface area contributed by atoms with Crippen LogP contribution >= 0.6 is 35.4 Å². The zero-order valence-electron chi connectivity index (χ0n) is 17.6. The maximum absolute atomic E-state index is 7.04. The van der Waals surface area contributed by atoms with Gasteiger partial charge in [0.15, 0.2) is 0 Å². The van der Waals surface area contributed by atoms with Crippen molar-refractivity contribution in [2.45, 2.75) is 25.7 Å². The van der Waals surface area contributed by atoms with E-state index in [0.29, 0.717) is 0 Å². The summed E-state index contributed by atoms with van der Waals surface area (Å²) in [5.74, 6) is 7.34. The molecule has 32 heavy (non-hydrogen) atoms. The fraction of sp³-hybridized carbons (Fsp3) is 0.455. The number of aryl methyl sites for hydroxylation is 2. The number of fused-ring (bicyclic) bond motifs is 4. The molecule has 2 fully saturated rings. The third-order valence-corrected chi connectivity index (χ3v) is 41.4. The summed E-state index contributed by atoms with van der Waals surface area (Å²) in [4.78, 5) is 10.4. The molecule has 4 nitrogen and oxygen atoms in total. The van der Waals surface area contributed by atoms with Crippen LogP contribution in [0.4, 0.5) is 11.4 Å². The normalized spacial score (nSPS) is 22.0. The Balaban J connectivity index is 1.48. The number of benzene rings is 2. The number of ether oxygens (including phenoxy) is 1. The monoisotopic (exact) mass is 715 g/mol. The van der Waals surface area contributed by atoms with Gasteiger partial charge in [-0.05, 0) is 0 Å². The van der Waals surface area contributed by atoms with Gasteiger partial charge in [0.25, 0.3) is 0 Å². The Hall–Kier alpha value is 0.676. The molecule has 0 unspecified atom stereocenters. The molecule has 0 atom stereocenters. The van der Waals surface area contributed by atoms with Crippen molar-refractivity contribution < 1.29 is 4.74 Å². The molecule has 166 valence electrons. The second-order valence-corrected chi connectivity index (χ2v) is 38.2. The first-order valence-corrected chi connectivity index (χ1v) is 30.0. The predicted octanol–water partition coefficient (Wildman–Crippen LogP) is 3.02. The van der Waals surface area contributed by atoms with Crippen LogP contribution < -0.4 is 27.8 Å². The number of hydrogen-bond donors (Lipinski definition) is 1. The molecule has 5 aliphatic heterocycles. The molecule has 2 saturated heterocycles. The number of anilines is 1. The number of hydrogen-bond acceptors (Lipinski definition) is 8. The van der Waals surface area contributed by atoms with Crippen LogP contribution in [0, 0.1) is 0 Å². The van der Waals surface area contributed by atoms with Crippen LogP contribution in [0.25, 0.3) is 0 Å². The van der Waals surface area contributed by atoms with Crippen LogP contribution in [-0.2, 0) is 12.8 Å². The fourth-order valence-corrected chi connectivity index (χ4v) is 44.1. The van der Waals surface area contributed by atoms with Gasteiger partial charge < -0.3 is 0 Å². The molecule has 0 aromatic heterocycles. The summed E-state index contributed by atoms with van der Waals surface area (Å²) in [6.45, 7) is 2.04. The van der Waals surface area contributed by atoms with Gasteiger partial charge in [0.05, 0.1) is 0 Å². The summed E-state index contributed by atoms with van der Waals surface area (Å²) in [6.07, 6.45) is 4.66. The Morgan fingerprint density at radius 2 is 1.59 bits per heavy atom. The van der Waals surface area contributed by atoms with Crippen LogP contribution in [0.3, 0.4) is 0 Å². The van der Waals surface area contributed by atoms with E-state index in [1.54, 1.807) is 3.51 Å². The molecule has 0 amide bonds. The average molecular weight is 717 g/mol. The quantitative estimate of drug-likeness (QED) is 0.412. The second-order valence-electron chi connectivity index (χ2n) is 8.27. The molecular formula is C22H23N3OS4Sb2. The van der Waals surface area contributed by atoms with Crippen molar-refractivity contribution in [3.8, 4) is 11.5 Å². The Morgan fingerprint density at radius 1 is 0.844 bits per heavy atom. The van der Waals surface area contributed by atoms with Gasteiger partial charge >= 0.3 is 216 Å². The first-order valence-electron chi connectivity index (χ1n) is 11.2. The Morgan fingerprint density at radius 3 is 2.41 bits per heavy atom. The molecule has 7 rings (SSSR count). The minimum atomic E-state index is -1.72. The second kappa shape index (κ2) is 9.28. The Kier molecular flexibility index (Phi) is 6.36. The molecular weight excluding hydrogens is 694 g/mol. The number of rotatable bonds is 2. The third-order valence-electron chi connectivity index (χ3n) is 6.21. The molecule has 0 aliphatic carbocycles. The molecule has 2 aromatic rings. The van der Waals surface area contributed by atoms with Gasteiger partial charge in [-0.1, -0.05) is 0 Å². The summed E-state index contributed by atoms with van der Waals surface area (Å²) in [5.41, 5.74) is 5.38. The maximum atomic E-state index is 7.04. The average Bonchev–Trinajstić information content (AvgIpc) is 3.54. The van der Waals surface area contributed by atoms with Crippen LogP contribution in [0.5, 0.6) is 11.5 Å². The van der Waals surface area contributed by atoms with Gasteiger partial charge in [0.2, 0.25) is 0 Å². The summed E-state index contributed by atoms with van der Waals surface area (Å²) in [7, 11) is 8.95. The predicted molar refractivity (Wildman–Crippen MR) is 146 cm³/mol. The first kappa shape index (κ1) is 21.9. The van der Waals surface area contributed by atoms with E-state index < -0.39 is 34.8 Å². The molecule has 0 bridgehead atoms. The van der Waals surface area contributed by atoms with Crippen LogP contribution in [0.2, 0.25) is 0 Å². The van der Waals surface area contributed by atoms with Crippen LogP contribution in [-0.4, -0.2) is 70.9 Å². The number of nitrogens with zero attached hydrogens (tertiary/aromatic N) is 2. The summed E-state index contributed by atoms with van der Waals surface area (Å²) in [6, 6.07) is 4.64. The summed E-state index contributed by atoms with van der Waals surface area (Å²) in [5, 5.41) is 6.16. The molecule has 5 aliphatic rings. The van der Waals surface area contributed by atoms with Crippen molar-refractivity contribution in [3.63, 3.8) is 0 Å². The first-order chi connectivity index (χ1) is 15.9. The van der Waals surface area contributed by atoms with E-state index in [1.165, 1.54) is 55.1 Å².